The van der Waals surface area contributed by atoms with Crippen molar-refractivity contribution in [1.82, 2.24) is 0 Å². The normalized spacial score (nSPS) is 19.9. The molecule has 0 saturated heterocycles. The van der Waals surface area contributed by atoms with Crippen molar-refractivity contribution in [3.05, 3.63) is 117 Å². The highest BCUT2D eigenvalue weighted by Gasteiger charge is 2.29. The second kappa shape index (κ2) is 11.2. The van der Waals surface area contributed by atoms with Gasteiger partial charge in [-0.2, -0.15) is 0 Å². The van der Waals surface area contributed by atoms with Gasteiger partial charge in [0, 0.05) is 22.3 Å². The number of benzene rings is 2. The van der Waals surface area contributed by atoms with Crippen molar-refractivity contribution >= 4 is 11.6 Å². The van der Waals surface area contributed by atoms with Crippen molar-refractivity contribution in [3.8, 4) is 0 Å². The van der Waals surface area contributed by atoms with Crippen LogP contribution >= 0.6 is 0 Å². The average Bonchev–Trinajstić information content (AvgIpc) is 2.86. The van der Waals surface area contributed by atoms with Gasteiger partial charge in [-0.25, -0.2) is 0 Å². The van der Waals surface area contributed by atoms with E-state index in [2.05, 4.69) is 0 Å². The average molecular weight is 457 g/mol. The van der Waals surface area contributed by atoms with E-state index in [1.165, 1.54) is 0 Å². The molecular formula is C30H32O4. The number of fused-ring (bicyclic) bond motifs is 2. The number of allylic oxidation sites excluding steroid dienone is 6. The number of rotatable bonds is 4. The topological polar surface area (TPSA) is 74.6 Å². The number of hydrogen-bond donors (Lipinski definition) is 2. The van der Waals surface area contributed by atoms with E-state index in [0.717, 1.165) is 22.3 Å². The van der Waals surface area contributed by atoms with Crippen molar-refractivity contribution in [3.63, 3.8) is 0 Å². The molecule has 2 aromatic rings. The first-order chi connectivity index (χ1) is 16.3. The Morgan fingerprint density at radius 2 is 1.24 bits per heavy atom. The Balaban J connectivity index is 0.000000191. The maximum atomic E-state index is 12.2. The van der Waals surface area contributed by atoms with E-state index in [-0.39, 0.29) is 11.6 Å². The van der Waals surface area contributed by atoms with Crippen molar-refractivity contribution in [2.24, 2.45) is 0 Å². The standard InChI is InChI=1S/C15H18O2.C15H14O2/c2*1-3-4-7-11-10(2)14(16)12-8-5-6-9-13(12)15(11)17/h3-6,8-9,14-17H,7H2,1-2H3;3-6,8-9H,7H2,1-2H3/b2*4-3-. The fourth-order valence-corrected chi connectivity index (χ4v) is 4.37. The van der Waals surface area contributed by atoms with E-state index >= 15 is 0 Å². The maximum Gasteiger partial charge on any atom is 0.190 e. The Morgan fingerprint density at radius 3 is 1.82 bits per heavy atom. The molecule has 2 aromatic carbocycles. The lowest BCUT2D eigenvalue weighted by Gasteiger charge is -2.29. The number of aliphatic hydroxyl groups is 2. The van der Waals surface area contributed by atoms with Crippen LogP contribution in [0.4, 0.5) is 0 Å². The molecular weight excluding hydrogens is 424 g/mol. The molecule has 0 heterocycles. The van der Waals surface area contributed by atoms with Gasteiger partial charge in [-0.15, -0.1) is 0 Å². The highest BCUT2D eigenvalue weighted by atomic mass is 16.3. The third-order valence-electron chi connectivity index (χ3n) is 6.45. The van der Waals surface area contributed by atoms with Crippen molar-refractivity contribution < 1.29 is 19.8 Å². The Morgan fingerprint density at radius 1 is 0.735 bits per heavy atom. The molecule has 0 spiro atoms. The Hall–Kier alpha value is -3.34. The zero-order valence-electron chi connectivity index (χ0n) is 20.2. The lowest BCUT2D eigenvalue weighted by atomic mass is 9.81. The molecule has 0 fully saturated rings. The van der Waals surface area contributed by atoms with Crippen LogP contribution in [0.15, 0.2) is 95.1 Å². The summed E-state index contributed by atoms with van der Waals surface area (Å²) in [4.78, 5) is 24.3. The van der Waals surface area contributed by atoms with Gasteiger partial charge in [-0.05, 0) is 62.8 Å². The monoisotopic (exact) mass is 456 g/mol. The second-order valence-corrected chi connectivity index (χ2v) is 8.50. The third-order valence-corrected chi connectivity index (χ3v) is 6.45. The molecule has 0 saturated carbocycles. The van der Waals surface area contributed by atoms with E-state index in [1.807, 2.05) is 69.3 Å². The number of carbonyl (C=O) groups is 2. The molecule has 0 radical (unpaired) electrons. The molecule has 2 aliphatic rings. The zero-order chi connectivity index (χ0) is 24.8. The lowest BCUT2D eigenvalue weighted by Crippen LogP contribution is -2.20. The van der Waals surface area contributed by atoms with Crippen LogP contribution in [-0.4, -0.2) is 21.8 Å². The van der Waals surface area contributed by atoms with Crippen molar-refractivity contribution in [2.45, 2.75) is 52.7 Å². The van der Waals surface area contributed by atoms with Crippen LogP contribution in [0.1, 0.15) is 84.6 Å². The Kier molecular flexibility index (Phi) is 8.32. The Labute approximate surface area is 201 Å². The summed E-state index contributed by atoms with van der Waals surface area (Å²) < 4.78 is 0. The summed E-state index contributed by atoms with van der Waals surface area (Å²) in [5.41, 5.74) is 5.68. The van der Waals surface area contributed by atoms with Crippen LogP contribution < -0.4 is 0 Å². The molecule has 0 aromatic heterocycles. The predicted molar refractivity (Wildman–Crippen MR) is 136 cm³/mol. The molecule has 176 valence electrons. The molecule has 0 amide bonds. The quantitative estimate of drug-likeness (QED) is 0.522. The first kappa shape index (κ1) is 25.3. The van der Waals surface area contributed by atoms with Gasteiger partial charge in [0.25, 0.3) is 0 Å². The van der Waals surface area contributed by atoms with Crippen LogP contribution in [0.5, 0.6) is 0 Å². The summed E-state index contributed by atoms with van der Waals surface area (Å²) in [6, 6.07) is 14.5. The van der Waals surface area contributed by atoms with Gasteiger partial charge in [-0.1, -0.05) is 72.8 Å². The molecule has 2 N–H and O–H groups in total. The van der Waals surface area contributed by atoms with Crippen molar-refractivity contribution in [2.75, 3.05) is 0 Å². The molecule has 2 atom stereocenters. The smallest absolute Gasteiger partial charge is 0.190 e. The van der Waals surface area contributed by atoms with E-state index in [1.54, 1.807) is 31.2 Å². The van der Waals surface area contributed by atoms with Gasteiger partial charge in [0.05, 0.1) is 0 Å². The van der Waals surface area contributed by atoms with Crippen LogP contribution in [0.3, 0.4) is 0 Å². The van der Waals surface area contributed by atoms with Crippen LogP contribution in [0, 0.1) is 0 Å². The molecule has 2 unspecified atom stereocenters. The van der Waals surface area contributed by atoms with Crippen LogP contribution in [-0.2, 0) is 0 Å². The second-order valence-electron chi connectivity index (χ2n) is 8.50. The van der Waals surface area contributed by atoms with E-state index in [0.29, 0.717) is 35.1 Å². The largest absolute Gasteiger partial charge is 0.384 e. The summed E-state index contributed by atoms with van der Waals surface area (Å²) in [6.45, 7) is 7.48. The molecule has 34 heavy (non-hydrogen) atoms. The number of carbonyl (C=O) groups excluding carboxylic acids is 2. The highest BCUT2D eigenvalue weighted by molar-refractivity contribution is 6.26. The van der Waals surface area contributed by atoms with Crippen LogP contribution in [0.2, 0.25) is 0 Å². The number of ketones is 2. The first-order valence-electron chi connectivity index (χ1n) is 11.6. The van der Waals surface area contributed by atoms with Gasteiger partial charge in [0.1, 0.15) is 12.2 Å². The van der Waals surface area contributed by atoms with Gasteiger partial charge < -0.3 is 10.2 Å². The molecule has 4 rings (SSSR count). The number of hydrogen-bond acceptors (Lipinski definition) is 4. The van der Waals surface area contributed by atoms with E-state index in [4.69, 9.17) is 0 Å². The molecule has 4 heteroatoms. The summed E-state index contributed by atoms with van der Waals surface area (Å²) in [6.07, 6.45) is 7.79. The maximum absolute atomic E-state index is 12.2. The summed E-state index contributed by atoms with van der Waals surface area (Å²) >= 11 is 0. The summed E-state index contributed by atoms with van der Waals surface area (Å²) in [5.74, 6) is -0.0458. The van der Waals surface area contributed by atoms with Gasteiger partial charge in [-0.3, -0.25) is 9.59 Å². The SMILES string of the molecule is C/C=C\CC1=C(C)C(=O)c2ccccc2C1=O.C/C=C\CC1=C(C)C(O)c2ccccc2C1O. The van der Waals surface area contributed by atoms with E-state index in [9.17, 15) is 19.8 Å². The summed E-state index contributed by atoms with van der Waals surface area (Å²) in [5, 5.41) is 20.6. The van der Waals surface area contributed by atoms with E-state index < -0.39 is 12.2 Å². The van der Waals surface area contributed by atoms with Gasteiger partial charge in [0.15, 0.2) is 11.6 Å². The molecule has 0 bridgehead atoms. The minimum atomic E-state index is -0.592. The Bertz CT molecular complexity index is 1210. The van der Waals surface area contributed by atoms with Gasteiger partial charge in [0.2, 0.25) is 0 Å². The fourth-order valence-electron chi connectivity index (χ4n) is 4.37. The van der Waals surface area contributed by atoms with Gasteiger partial charge >= 0.3 is 0 Å². The fraction of sp³-hybridized carbons (Fsp3) is 0.267. The number of aliphatic hydroxyl groups excluding tert-OH is 2. The molecule has 0 aliphatic heterocycles. The van der Waals surface area contributed by atoms with Crippen LogP contribution in [0.25, 0.3) is 0 Å². The number of Topliss-reactive ketones (excluding diaryl/α,β-unsaturated/α-hetero) is 2. The molecule has 2 aliphatic carbocycles. The highest BCUT2D eigenvalue weighted by Crippen LogP contribution is 2.41. The molecule has 4 nitrogen and oxygen atoms in total. The first-order valence-corrected chi connectivity index (χ1v) is 11.6. The predicted octanol–water partition coefficient (Wildman–Crippen LogP) is 6.40. The minimum Gasteiger partial charge on any atom is -0.384 e. The summed E-state index contributed by atoms with van der Waals surface area (Å²) in [7, 11) is 0. The lowest BCUT2D eigenvalue weighted by molar-refractivity contribution is 0.0973. The third kappa shape index (κ3) is 4.93. The minimum absolute atomic E-state index is 0.0178. The zero-order valence-corrected chi connectivity index (χ0v) is 20.2. The van der Waals surface area contributed by atoms with Crippen molar-refractivity contribution in [1.29, 1.82) is 0 Å².